The van der Waals surface area contributed by atoms with Gasteiger partial charge in [-0.2, -0.15) is 0 Å². The molecule has 1 aromatic carbocycles. The first kappa shape index (κ1) is 18.9. The molecule has 0 radical (unpaired) electrons. The molecule has 2 heterocycles. The van der Waals surface area contributed by atoms with Gasteiger partial charge in [-0.1, -0.05) is 19.1 Å². The Kier molecular flexibility index (Phi) is 6.11. The van der Waals surface area contributed by atoms with Crippen molar-refractivity contribution >= 4 is 17.6 Å². The molecule has 7 nitrogen and oxygen atoms in total. The minimum Gasteiger partial charge on any atom is -0.344 e. The molecular weight excluding hydrogens is 342 g/mol. The molecule has 0 bridgehead atoms. The molecule has 0 saturated carbocycles. The first-order valence-corrected chi connectivity index (χ1v) is 9.51. The number of nitrogens with zero attached hydrogens (tertiary/aromatic N) is 2. The van der Waals surface area contributed by atoms with Gasteiger partial charge in [-0.05, 0) is 43.9 Å². The summed E-state index contributed by atoms with van der Waals surface area (Å²) in [6, 6.07) is 6.97. The topological polar surface area (TPSA) is 90.1 Å². The first-order chi connectivity index (χ1) is 13.0. The second-order valence-corrected chi connectivity index (χ2v) is 6.97. The van der Waals surface area contributed by atoms with Crippen molar-refractivity contribution < 1.29 is 9.59 Å². The van der Waals surface area contributed by atoms with Crippen molar-refractivity contribution in [3.05, 3.63) is 47.5 Å². The average molecular weight is 369 g/mol. The zero-order chi connectivity index (χ0) is 19.2. The lowest BCUT2D eigenvalue weighted by Gasteiger charge is -2.16. The van der Waals surface area contributed by atoms with Crippen LogP contribution in [0.4, 0.5) is 10.5 Å². The van der Waals surface area contributed by atoms with Gasteiger partial charge >= 0.3 is 6.03 Å². The minimum atomic E-state index is -0.281. The Labute approximate surface area is 159 Å². The summed E-state index contributed by atoms with van der Waals surface area (Å²) in [6.45, 7) is 5.66. The van der Waals surface area contributed by atoms with Gasteiger partial charge in [0.05, 0.1) is 12.5 Å². The van der Waals surface area contributed by atoms with E-state index in [9.17, 15) is 9.59 Å². The first-order valence-electron chi connectivity index (χ1n) is 9.51. The number of carbonyl (C=O) groups is 2. The summed E-state index contributed by atoms with van der Waals surface area (Å²) in [4.78, 5) is 33.8. The van der Waals surface area contributed by atoms with Crippen LogP contribution in [0.1, 0.15) is 49.3 Å². The monoisotopic (exact) mass is 369 g/mol. The minimum absolute atomic E-state index is 0.170. The Morgan fingerprint density at radius 1 is 1.22 bits per heavy atom. The van der Waals surface area contributed by atoms with Gasteiger partial charge in [-0.15, -0.1) is 0 Å². The maximum Gasteiger partial charge on any atom is 0.319 e. The summed E-state index contributed by atoms with van der Waals surface area (Å²) in [5, 5.41) is 5.76. The molecule has 1 aromatic heterocycles. The van der Waals surface area contributed by atoms with Crippen molar-refractivity contribution in [3.8, 4) is 0 Å². The number of aromatic nitrogens is 2. The molecule has 1 aliphatic rings. The number of anilines is 1. The van der Waals surface area contributed by atoms with Gasteiger partial charge < -0.3 is 20.5 Å². The van der Waals surface area contributed by atoms with Gasteiger partial charge in [0.15, 0.2) is 0 Å². The molecular formula is C20H27N5O2. The van der Waals surface area contributed by atoms with Gasteiger partial charge in [-0.25, -0.2) is 9.78 Å². The number of likely N-dealkylation sites (tertiary alicyclic amines) is 1. The number of nitrogens with one attached hydrogen (secondary N) is 3. The molecule has 0 unspecified atom stereocenters. The highest BCUT2D eigenvalue weighted by atomic mass is 16.2. The standard InChI is InChI=1S/C20H27N5O2/c1-3-17(19-21-13-14(2)22-19)24-20(27)23-16-8-6-15(7-9-16)12-18(26)25-10-4-5-11-25/h6-9,13,17H,3-5,10-12H2,1-2H3,(H,21,22)(H2,23,24,27)/t17-/m0/s1. The number of imidazole rings is 1. The molecule has 3 N–H and O–H groups in total. The number of aromatic amines is 1. The Hall–Kier alpha value is -2.83. The maximum atomic E-state index is 12.3. The van der Waals surface area contributed by atoms with Crippen molar-refractivity contribution in [3.63, 3.8) is 0 Å². The van der Waals surface area contributed by atoms with Crippen LogP contribution in [-0.2, 0) is 11.2 Å². The van der Waals surface area contributed by atoms with Crippen LogP contribution in [0.3, 0.4) is 0 Å². The van der Waals surface area contributed by atoms with Crippen LogP contribution in [0, 0.1) is 6.92 Å². The number of aryl methyl sites for hydroxylation is 1. The second kappa shape index (κ2) is 8.70. The van der Waals surface area contributed by atoms with E-state index in [4.69, 9.17) is 0 Å². The smallest absolute Gasteiger partial charge is 0.319 e. The third-order valence-electron chi connectivity index (χ3n) is 4.79. The Morgan fingerprint density at radius 3 is 2.52 bits per heavy atom. The number of hydrogen-bond acceptors (Lipinski definition) is 3. The van der Waals surface area contributed by atoms with Gasteiger partial charge in [0, 0.05) is 30.7 Å². The van der Waals surface area contributed by atoms with Gasteiger partial charge in [0.2, 0.25) is 5.91 Å². The van der Waals surface area contributed by atoms with Crippen LogP contribution in [-0.4, -0.2) is 39.9 Å². The lowest BCUT2D eigenvalue weighted by Crippen LogP contribution is -2.32. The maximum absolute atomic E-state index is 12.3. The molecule has 1 fully saturated rings. The number of carbonyl (C=O) groups excluding carboxylic acids is 2. The fourth-order valence-corrected chi connectivity index (χ4v) is 3.26. The van der Waals surface area contributed by atoms with E-state index in [1.807, 2.05) is 43.0 Å². The predicted octanol–water partition coefficient (Wildman–Crippen LogP) is 3.16. The highest BCUT2D eigenvalue weighted by Gasteiger charge is 2.18. The molecule has 2 aromatic rings. The number of rotatable bonds is 6. The molecule has 0 aliphatic carbocycles. The summed E-state index contributed by atoms with van der Waals surface area (Å²) in [5.74, 6) is 0.923. The second-order valence-electron chi connectivity index (χ2n) is 6.97. The molecule has 1 atom stereocenters. The van der Waals surface area contributed by atoms with E-state index in [-0.39, 0.29) is 18.0 Å². The number of hydrogen-bond donors (Lipinski definition) is 3. The largest absolute Gasteiger partial charge is 0.344 e. The van der Waals surface area contributed by atoms with Crippen molar-refractivity contribution in [2.24, 2.45) is 0 Å². The van der Waals surface area contributed by atoms with Gasteiger partial charge in [0.25, 0.3) is 0 Å². The third-order valence-corrected chi connectivity index (χ3v) is 4.79. The third kappa shape index (κ3) is 5.09. The van der Waals surface area contributed by atoms with E-state index in [1.54, 1.807) is 6.20 Å². The summed E-state index contributed by atoms with van der Waals surface area (Å²) in [7, 11) is 0. The summed E-state index contributed by atoms with van der Waals surface area (Å²) in [6.07, 6.45) is 5.08. The summed E-state index contributed by atoms with van der Waals surface area (Å²) < 4.78 is 0. The van der Waals surface area contributed by atoms with E-state index >= 15 is 0 Å². The fraction of sp³-hybridized carbons (Fsp3) is 0.450. The van der Waals surface area contributed by atoms with Crippen LogP contribution < -0.4 is 10.6 Å². The number of benzene rings is 1. The van der Waals surface area contributed by atoms with Crippen LogP contribution in [0.5, 0.6) is 0 Å². The van der Waals surface area contributed by atoms with Crippen molar-refractivity contribution in [1.82, 2.24) is 20.2 Å². The van der Waals surface area contributed by atoms with E-state index < -0.39 is 0 Å². The van der Waals surface area contributed by atoms with E-state index in [0.29, 0.717) is 12.1 Å². The van der Waals surface area contributed by atoms with Crippen molar-refractivity contribution in [2.75, 3.05) is 18.4 Å². The highest BCUT2D eigenvalue weighted by molar-refractivity contribution is 5.89. The Morgan fingerprint density at radius 2 is 1.93 bits per heavy atom. The SMILES string of the molecule is CC[C@H](NC(=O)Nc1ccc(CC(=O)N2CCCC2)cc1)c1ncc(C)[nH]1. The number of urea groups is 1. The van der Waals surface area contributed by atoms with Crippen LogP contribution in [0.15, 0.2) is 30.5 Å². The Balaban J connectivity index is 1.52. The lowest BCUT2D eigenvalue weighted by molar-refractivity contribution is -0.129. The van der Waals surface area contributed by atoms with Crippen LogP contribution in [0.25, 0.3) is 0 Å². The zero-order valence-corrected chi connectivity index (χ0v) is 15.9. The van der Waals surface area contributed by atoms with Crippen LogP contribution in [0.2, 0.25) is 0 Å². The molecule has 144 valence electrons. The van der Waals surface area contributed by atoms with Gasteiger partial charge in [0.1, 0.15) is 5.82 Å². The quantitative estimate of drug-likeness (QED) is 0.730. The summed E-state index contributed by atoms with van der Waals surface area (Å²) in [5.41, 5.74) is 2.61. The molecule has 7 heteroatoms. The van der Waals surface area contributed by atoms with E-state index in [1.165, 1.54) is 0 Å². The predicted molar refractivity (Wildman–Crippen MR) is 104 cm³/mol. The van der Waals surface area contributed by atoms with Crippen molar-refractivity contribution in [2.45, 2.75) is 45.6 Å². The molecule has 3 amide bonds. The van der Waals surface area contributed by atoms with Crippen molar-refractivity contribution in [1.29, 1.82) is 0 Å². The molecule has 1 aliphatic heterocycles. The molecule has 1 saturated heterocycles. The molecule has 0 spiro atoms. The van der Waals surface area contributed by atoms with E-state index in [2.05, 4.69) is 20.6 Å². The zero-order valence-electron chi connectivity index (χ0n) is 15.9. The van der Waals surface area contributed by atoms with Crippen LogP contribution >= 0.6 is 0 Å². The van der Waals surface area contributed by atoms with Gasteiger partial charge in [-0.3, -0.25) is 4.79 Å². The number of amides is 3. The fourth-order valence-electron chi connectivity index (χ4n) is 3.26. The summed E-state index contributed by atoms with van der Waals surface area (Å²) >= 11 is 0. The lowest BCUT2D eigenvalue weighted by atomic mass is 10.1. The van der Waals surface area contributed by atoms with E-state index in [0.717, 1.165) is 49.4 Å². The Bertz CT molecular complexity index is 778. The number of H-pyrrole nitrogens is 1. The average Bonchev–Trinajstić information content (AvgIpc) is 3.33. The normalized spacial score (nSPS) is 14.8. The highest BCUT2D eigenvalue weighted by Crippen LogP contribution is 2.15. The molecule has 3 rings (SSSR count). The molecule has 27 heavy (non-hydrogen) atoms.